The average Bonchev–Trinajstić information content (AvgIpc) is 1.66. The molecular formula is C3H8NO3S-. The van der Waals surface area contributed by atoms with Gasteiger partial charge in [-0.05, 0) is 6.42 Å². The second kappa shape index (κ2) is 5.17. The smallest absolute Gasteiger partial charge is 0.105 e. The average molecular weight is 138 g/mol. The zero-order valence-corrected chi connectivity index (χ0v) is 5.36. The quantitative estimate of drug-likeness (QED) is 0.329. The van der Waals surface area contributed by atoms with Crippen LogP contribution in [0.5, 0.6) is 0 Å². The van der Waals surface area contributed by atoms with Gasteiger partial charge in [0.25, 0.3) is 0 Å². The van der Waals surface area contributed by atoms with E-state index in [1.165, 1.54) is 0 Å². The summed E-state index contributed by atoms with van der Waals surface area (Å²) in [7, 11) is 0. The van der Waals surface area contributed by atoms with Crippen LogP contribution in [-0.2, 0) is 15.6 Å². The van der Waals surface area contributed by atoms with Crippen LogP contribution in [0.25, 0.3) is 0 Å². The maximum Gasteiger partial charge on any atom is 0.105 e. The van der Waals surface area contributed by atoms with E-state index >= 15 is 0 Å². The Hall–Kier alpha value is 0.0300. The van der Waals surface area contributed by atoms with E-state index in [2.05, 4.69) is 9.76 Å². The molecule has 0 fully saturated rings. The van der Waals surface area contributed by atoms with Crippen molar-refractivity contribution in [3.63, 3.8) is 0 Å². The SMILES string of the molecule is CCCNOS(=O)[O-]. The van der Waals surface area contributed by atoms with E-state index < -0.39 is 11.4 Å². The number of nitrogens with one attached hydrogen (secondary N) is 1. The molecule has 0 spiro atoms. The van der Waals surface area contributed by atoms with Crippen molar-refractivity contribution in [1.29, 1.82) is 0 Å². The lowest BCUT2D eigenvalue weighted by Crippen LogP contribution is -2.16. The predicted molar refractivity (Wildman–Crippen MR) is 28.3 cm³/mol. The first-order valence-corrected chi connectivity index (χ1v) is 3.26. The van der Waals surface area contributed by atoms with E-state index in [1.54, 1.807) is 0 Å². The van der Waals surface area contributed by atoms with Gasteiger partial charge in [-0.15, -0.1) is 0 Å². The Balaban J connectivity index is 2.82. The minimum atomic E-state index is -2.43. The monoisotopic (exact) mass is 138 g/mol. The summed E-state index contributed by atoms with van der Waals surface area (Å²) in [6, 6.07) is 0. The van der Waals surface area contributed by atoms with Crippen LogP contribution >= 0.6 is 0 Å². The Labute approximate surface area is 50.7 Å². The zero-order valence-electron chi connectivity index (χ0n) is 4.55. The van der Waals surface area contributed by atoms with Crippen LogP contribution in [0.4, 0.5) is 0 Å². The van der Waals surface area contributed by atoms with E-state index in [9.17, 15) is 8.76 Å². The molecule has 0 aromatic carbocycles. The third-order valence-corrected chi connectivity index (χ3v) is 0.733. The summed E-state index contributed by atoms with van der Waals surface area (Å²) in [4.78, 5) is 0. The first kappa shape index (κ1) is 8.03. The summed E-state index contributed by atoms with van der Waals surface area (Å²) in [5.74, 6) is 0. The molecule has 0 aliphatic carbocycles. The first-order chi connectivity index (χ1) is 3.77. The number of hydroxylamine groups is 1. The fourth-order valence-corrected chi connectivity index (χ4v) is 0.371. The van der Waals surface area contributed by atoms with E-state index in [0.29, 0.717) is 6.54 Å². The van der Waals surface area contributed by atoms with E-state index in [-0.39, 0.29) is 0 Å². The number of hydrogen-bond donors (Lipinski definition) is 1. The Morgan fingerprint density at radius 1 is 1.88 bits per heavy atom. The van der Waals surface area contributed by atoms with Crippen molar-refractivity contribution in [2.75, 3.05) is 6.54 Å². The number of rotatable bonds is 4. The van der Waals surface area contributed by atoms with Crippen molar-refractivity contribution in [3.05, 3.63) is 0 Å². The number of hydrogen-bond acceptors (Lipinski definition) is 4. The summed E-state index contributed by atoms with van der Waals surface area (Å²) in [6.45, 7) is 2.46. The third-order valence-electron chi connectivity index (χ3n) is 0.479. The van der Waals surface area contributed by atoms with Crippen LogP contribution in [0.2, 0.25) is 0 Å². The molecule has 4 nitrogen and oxygen atoms in total. The molecule has 0 aromatic heterocycles. The van der Waals surface area contributed by atoms with Gasteiger partial charge in [-0.25, -0.2) is 8.49 Å². The molecule has 1 atom stereocenters. The van der Waals surface area contributed by atoms with Gasteiger partial charge in [0, 0.05) is 6.54 Å². The maximum absolute atomic E-state index is 9.59. The highest BCUT2D eigenvalue weighted by atomic mass is 32.2. The van der Waals surface area contributed by atoms with Crippen molar-refractivity contribution in [2.45, 2.75) is 13.3 Å². The lowest BCUT2D eigenvalue weighted by atomic mass is 10.5. The van der Waals surface area contributed by atoms with E-state index in [4.69, 9.17) is 0 Å². The van der Waals surface area contributed by atoms with Crippen molar-refractivity contribution < 1.29 is 13.0 Å². The third kappa shape index (κ3) is 6.03. The topological polar surface area (TPSA) is 61.4 Å². The highest BCUT2D eigenvalue weighted by Crippen LogP contribution is 1.73. The molecule has 1 unspecified atom stereocenters. The van der Waals surface area contributed by atoms with Gasteiger partial charge in [-0.3, -0.25) is 0 Å². The van der Waals surface area contributed by atoms with Crippen molar-refractivity contribution in [3.8, 4) is 0 Å². The van der Waals surface area contributed by atoms with Crippen molar-refractivity contribution in [1.82, 2.24) is 5.48 Å². The summed E-state index contributed by atoms with van der Waals surface area (Å²) in [6.07, 6.45) is 0.844. The molecule has 0 saturated carbocycles. The molecule has 0 radical (unpaired) electrons. The van der Waals surface area contributed by atoms with Gasteiger partial charge < -0.3 is 4.55 Å². The second-order valence-electron chi connectivity index (χ2n) is 1.18. The molecule has 0 bridgehead atoms. The minimum Gasteiger partial charge on any atom is -0.748 e. The fraction of sp³-hybridized carbons (Fsp3) is 1.00. The minimum absolute atomic E-state index is 0.550. The Morgan fingerprint density at radius 3 is 2.88 bits per heavy atom. The van der Waals surface area contributed by atoms with Gasteiger partial charge in [-0.1, -0.05) is 6.92 Å². The molecule has 0 rings (SSSR count). The Morgan fingerprint density at radius 2 is 2.50 bits per heavy atom. The second-order valence-corrected chi connectivity index (χ2v) is 1.76. The van der Waals surface area contributed by atoms with Crippen molar-refractivity contribution >= 4 is 11.4 Å². The normalized spacial score (nSPS) is 13.8. The highest BCUT2D eigenvalue weighted by Gasteiger charge is 1.79. The van der Waals surface area contributed by atoms with Crippen molar-refractivity contribution in [2.24, 2.45) is 0 Å². The summed E-state index contributed by atoms with van der Waals surface area (Å²) in [5, 5.41) is 0. The van der Waals surface area contributed by atoms with Gasteiger partial charge in [0.2, 0.25) is 0 Å². The van der Waals surface area contributed by atoms with Crippen LogP contribution in [-0.4, -0.2) is 15.3 Å². The molecule has 0 saturated heterocycles. The molecule has 0 amide bonds. The van der Waals surface area contributed by atoms with Gasteiger partial charge in [0.05, 0.1) is 0 Å². The molecule has 50 valence electrons. The maximum atomic E-state index is 9.59. The van der Waals surface area contributed by atoms with Crippen LogP contribution in [0.1, 0.15) is 13.3 Å². The Bertz CT molecular complexity index is 76.9. The summed E-state index contributed by atoms with van der Waals surface area (Å²) < 4.78 is 23.1. The largest absolute Gasteiger partial charge is 0.748 e. The van der Waals surface area contributed by atoms with Gasteiger partial charge in [0.15, 0.2) is 0 Å². The molecule has 0 aromatic rings. The van der Waals surface area contributed by atoms with Crippen LogP contribution in [0, 0.1) is 0 Å². The van der Waals surface area contributed by atoms with Crippen LogP contribution in [0.3, 0.4) is 0 Å². The molecular weight excluding hydrogens is 130 g/mol. The lowest BCUT2D eigenvalue weighted by molar-refractivity contribution is 0.195. The Kier molecular flexibility index (Phi) is 5.19. The summed E-state index contributed by atoms with van der Waals surface area (Å²) >= 11 is -2.43. The van der Waals surface area contributed by atoms with Gasteiger partial charge in [-0.2, -0.15) is 5.48 Å². The standard InChI is InChI=1S/C3H9NO3S/c1-2-3-4-7-8(5)6/h4H,2-3H2,1H3,(H,5,6)/p-1. The van der Waals surface area contributed by atoms with Crippen LogP contribution < -0.4 is 5.48 Å². The van der Waals surface area contributed by atoms with Crippen LogP contribution in [0.15, 0.2) is 0 Å². The van der Waals surface area contributed by atoms with E-state index in [1.807, 2.05) is 6.92 Å². The zero-order chi connectivity index (χ0) is 6.41. The van der Waals surface area contributed by atoms with E-state index in [0.717, 1.165) is 6.42 Å². The van der Waals surface area contributed by atoms with Gasteiger partial charge >= 0.3 is 0 Å². The molecule has 0 aliphatic rings. The fourth-order valence-electron chi connectivity index (χ4n) is 0.192. The molecule has 5 heteroatoms. The molecule has 0 heterocycles. The molecule has 0 aliphatic heterocycles. The van der Waals surface area contributed by atoms with Gasteiger partial charge in [0.1, 0.15) is 11.4 Å². The molecule has 8 heavy (non-hydrogen) atoms. The first-order valence-electron chi connectivity index (χ1n) is 2.26. The summed E-state index contributed by atoms with van der Waals surface area (Å²) in [5.41, 5.74) is 2.22. The highest BCUT2D eigenvalue weighted by molar-refractivity contribution is 7.74. The lowest BCUT2D eigenvalue weighted by Gasteiger charge is -2.03. The molecule has 1 N–H and O–H groups in total. The predicted octanol–water partition coefficient (Wildman–Crippen LogP) is -0.288.